The summed E-state index contributed by atoms with van der Waals surface area (Å²) in [6.07, 6.45) is 0.465. The van der Waals surface area contributed by atoms with Gasteiger partial charge in [-0.2, -0.15) is 0 Å². The number of hydrogen-bond donors (Lipinski definition) is 0. The highest BCUT2D eigenvalue weighted by Gasteiger charge is 2.35. The quantitative estimate of drug-likeness (QED) is 0.296. The topological polar surface area (TPSA) is 47.4 Å². The third-order valence-electron chi connectivity index (χ3n) is 7.34. The van der Waals surface area contributed by atoms with Crippen molar-refractivity contribution in [2.24, 2.45) is 0 Å². The van der Waals surface area contributed by atoms with Gasteiger partial charge in [-0.05, 0) is 79.3 Å². The molecule has 1 unspecified atom stereocenters. The van der Waals surface area contributed by atoms with Crippen LogP contribution in [0.3, 0.4) is 0 Å². The Hall–Kier alpha value is -3.60. The number of nitrogens with zero attached hydrogens (tertiary/aromatic N) is 3. The van der Waals surface area contributed by atoms with Crippen molar-refractivity contribution >= 4 is 22.6 Å². The predicted octanol–water partition coefficient (Wildman–Crippen LogP) is 6.68. The first kappa shape index (κ1) is 24.1. The Labute approximate surface area is 213 Å². The van der Waals surface area contributed by atoms with Crippen molar-refractivity contribution in [1.29, 1.82) is 0 Å². The summed E-state index contributed by atoms with van der Waals surface area (Å²) in [5.74, 6) is 2.50. The lowest BCUT2D eigenvalue weighted by Crippen LogP contribution is -2.24. The van der Waals surface area contributed by atoms with E-state index in [1.165, 1.54) is 22.3 Å². The number of aromatic nitrogens is 2. The lowest BCUT2D eigenvalue weighted by atomic mass is 10.0. The third-order valence-corrected chi connectivity index (χ3v) is 7.34. The van der Waals surface area contributed by atoms with Crippen molar-refractivity contribution in [2.75, 3.05) is 18.1 Å². The van der Waals surface area contributed by atoms with Gasteiger partial charge in [0.15, 0.2) is 0 Å². The molecule has 0 bridgehead atoms. The minimum Gasteiger partial charge on any atom is -0.491 e. The Morgan fingerprint density at radius 1 is 1.00 bits per heavy atom. The molecular weight excluding hydrogens is 446 g/mol. The summed E-state index contributed by atoms with van der Waals surface area (Å²) in [5, 5.41) is 0. The number of ether oxygens (including phenoxy) is 1. The number of hydrogen-bond acceptors (Lipinski definition) is 3. The van der Waals surface area contributed by atoms with Gasteiger partial charge in [0, 0.05) is 24.6 Å². The van der Waals surface area contributed by atoms with Crippen LogP contribution in [0.2, 0.25) is 0 Å². The number of benzene rings is 3. The summed E-state index contributed by atoms with van der Waals surface area (Å²) in [5.41, 5.74) is 7.87. The second-order valence-corrected chi connectivity index (χ2v) is 10.3. The number of anilines is 1. The van der Waals surface area contributed by atoms with E-state index >= 15 is 0 Å². The maximum Gasteiger partial charge on any atom is 0.227 e. The van der Waals surface area contributed by atoms with Gasteiger partial charge in [0.05, 0.1) is 17.6 Å². The highest BCUT2D eigenvalue weighted by molar-refractivity contribution is 5.96. The molecule has 4 aromatic rings. The second kappa shape index (κ2) is 9.81. The van der Waals surface area contributed by atoms with Crippen LogP contribution >= 0.6 is 0 Å². The van der Waals surface area contributed by atoms with Gasteiger partial charge in [0.2, 0.25) is 5.91 Å². The van der Waals surface area contributed by atoms with Crippen LogP contribution in [0, 0.1) is 20.8 Å². The molecule has 36 heavy (non-hydrogen) atoms. The summed E-state index contributed by atoms with van der Waals surface area (Å²) in [6, 6.07) is 20.9. The Morgan fingerprint density at radius 2 is 1.81 bits per heavy atom. The first-order chi connectivity index (χ1) is 17.3. The van der Waals surface area contributed by atoms with Crippen LogP contribution in [-0.2, 0) is 11.3 Å². The van der Waals surface area contributed by atoms with E-state index in [0.717, 1.165) is 28.3 Å². The lowest BCUT2D eigenvalue weighted by molar-refractivity contribution is -0.117. The van der Waals surface area contributed by atoms with E-state index in [2.05, 4.69) is 75.6 Å². The molecule has 1 fully saturated rings. The first-order valence-corrected chi connectivity index (χ1v) is 12.9. The SMILES string of the molecule is Cc1ccc(C(C)C)c(OCCn2c(C3CC(=O)N(c4ccc(C)c(C)c4)C3)nc3ccccc32)c1. The Morgan fingerprint density at radius 3 is 2.58 bits per heavy atom. The Kier molecular flexibility index (Phi) is 6.57. The molecule has 0 radical (unpaired) electrons. The van der Waals surface area contributed by atoms with Crippen LogP contribution < -0.4 is 9.64 Å². The molecule has 0 aliphatic carbocycles. The molecule has 1 aromatic heterocycles. The minimum absolute atomic E-state index is 0.0386. The number of fused-ring (bicyclic) bond motifs is 1. The van der Waals surface area contributed by atoms with Gasteiger partial charge in [-0.25, -0.2) is 4.98 Å². The molecule has 5 rings (SSSR count). The van der Waals surface area contributed by atoms with E-state index in [-0.39, 0.29) is 11.8 Å². The number of amides is 1. The summed E-state index contributed by atoms with van der Waals surface area (Å²) >= 11 is 0. The molecule has 0 N–H and O–H groups in total. The molecule has 3 aromatic carbocycles. The van der Waals surface area contributed by atoms with E-state index in [1.807, 2.05) is 29.2 Å². The molecule has 186 valence electrons. The Balaban J connectivity index is 1.41. The van der Waals surface area contributed by atoms with E-state index < -0.39 is 0 Å². The summed E-state index contributed by atoms with van der Waals surface area (Å²) < 4.78 is 8.58. The van der Waals surface area contributed by atoms with Crippen LogP contribution in [0.4, 0.5) is 5.69 Å². The molecule has 2 heterocycles. The second-order valence-electron chi connectivity index (χ2n) is 10.3. The standard InChI is InChI=1S/C31H35N3O2/c1-20(2)26-13-10-21(3)16-29(26)36-15-14-33-28-9-7-6-8-27(28)32-31(33)24-18-30(35)34(19-24)25-12-11-22(4)23(5)17-25/h6-13,16-17,20,24H,14-15,18-19H2,1-5H3. The molecule has 1 saturated heterocycles. The van der Waals surface area contributed by atoms with Gasteiger partial charge in [0.25, 0.3) is 0 Å². The van der Waals surface area contributed by atoms with Crippen molar-refractivity contribution in [3.05, 3.63) is 88.7 Å². The predicted molar refractivity (Wildman–Crippen MR) is 146 cm³/mol. The fourth-order valence-corrected chi connectivity index (χ4v) is 5.15. The molecule has 1 atom stereocenters. The number of para-hydroxylation sites is 2. The fourth-order valence-electron chi connectivity index (χ4n) is 5.15. The van der Waals surface area contributed by atoms with Crippen molar-refractivity contribution in [1.82, 2.24) is 9.55 Å². The number of carbonyl (C=O) groups is 1. The van der Waals surface area contributed by atoms with Crippen LogP contribution in [0.5, 0.6) is 5.75 Å². The summed E-state index contributed by atoms with van der Waals surface area (Å²) in [6.45, 7) is 12.5. The van der Waals surface area contributed by atoms with Gasteiger partial charge < -0.3 is 14.2 Å². The van der Waals surface area contributed by atoms with Crippen LogP contribution in [0.25, 0.3) is 11.0 Å². The lowest BCUT2D eigenvalue weighted by Gasteiger charge is -2.19. The highest BCUT2D eigenvalue weighted by Crippen LogP contribution is 2.34. The average Bonchev–Trinajstić information content (AvgIpc) is 3.41. The van der Waals surface area contributed by atoms with Gasteiger partial charge in [-0.15, -0.1) is 0 Å². The number of carbonyl (C=O) groups excluding carboxylic acids is 1. The fraction of sp³-hybridized carbons (Fsp3) is 0.355. The third kappa shape index (κ3) is 4.62. The molecule has 0 saturated carbocycles. The number of imidazole rings is 1. The molecule has 1 aliphatic heterocycles. The van der Waals surface area contributed by atoms with Crippen LogP contribution in [0.1, 0.15) is 60.2 Å². The highest BCUT2D eigenvalue weighted by atomic mass is 16.5. The summed E-state index contributed by atoms with van der Waals surface area (Å²) in [4.78, 5) is 20.0. The summed E-state index contributed by atoms with van der Waals surface area (Å²) in [7, 11) is 0. The van der Waals surface area contributed by atoms with E-state index in [4.69, 9.17) is 9.72 Å². The molecule has 5 nitrogen and oxygen atoms in total. The molecule has 1 aliphatic rings. The number of aryl methyl sites for hydroxylation is 3. The molecular formula is C31H35N3O2. The van der Waals surface area contributed by atoms with Gasteiger partial charge in [0.1, 0.15) is 18.2 Å². The first-order valence-electron chi connectivity index (χ1n) is 12.9. The number of rotatable bonds is 7. The monoisotopic (exact) mass is 481 g/mol. The van der Waals surface area contributed by atoms with Gasteiger partial charge >= 0.3 is 0 Å². The zero-order valence-electron chi connectivity index (χ0n) is 21.9. The zero-order chi connectivity index (χ0) is 25.4. The smallest absolute Gasteiger partial charge is 0.227 e. The van der Waals surface area contributed by atoms with E-state index in [9.17, 15) is 4.79 Å². The normalized spacial score (nSPS) is 15.9. The maximum atomic E-state index is 13.1. The maximum absolute atomic E-state index is 13.1. The minimum atomic E-state index is 0.0386. The average molecular weight is 482 g/mol. The molecule has 5 heteroatoms. The molecule has 1 amide bonds. The van der Waals surface area contributed by atoms with E-state index in [0.29, 0.717) is 32.0 Å². The van der Waals surface area contributed by atoms with Crippen molar-refractivity contribution in [2.45, 2.75) is 59.4 Å². The van der Waals surface area contributed by atoms with Gasteiger partial charge in [-0.3, -0.25) is 4.79 Å². The van der Waals surface area contributed by atoms with Crippen molar-refractivity contribution in [3.8, 4) is 5.75 Å². The van der Waals surface area contributed by atoms with Crippen LogP contribution in [0.15, 0.2) is 60.7 Å². The van der Waals surface area contributed by atoms with Crippen molar-refractivity contribution in [3.63, 3.8) is 0 Å². The van der Waals surface area contributed by atoms with Crippen LogP contribution in [-0.4, -0.2) is 28.6 Å². The largest absolute Gasteiger partial charge is 0.491 e. The zero-order valence-corrected chi connectivity index (χ0v) is 21.9. The molecule has 0 spiro atoms. The van der Waals surface area contributed by atoms with Crippen molar-refractivity contribution < 1.29 is 9.53 Å². The van der Waals surface area contributed by atoms with E-state index in [1.54, 1.807) is 0 Å². The Bertz CT molecular complexity index is 1420. The van der Waals surface area contributed by atoms with Gasteiger partial charge in [-0.1, -0.05) is 44.2 Å².